The molecule has 1 N–H and O–H groups in total. The van der Waals surface area contributed by atoms with Crippen LogP contribution in [0.4, 0.5) is 0 Å². The number of amides is 1. The average Bonchev–Trinajstić information content (AvgIpc) is 2.75. The molecule has 2 aliphatic heterocycles. The second-order valence-corrected chi connectivity index (χ2v) is 9.55. The number of nitrogens with one attached hydrogen (secondary N) is 1. The first-order valence-electron chi connectivity index (χ1n) is 10.1. The summed E-state index contributed by atoms with van der Waals surface area (Å²) in [5.74, 6) is 0.503. The highest BCUT2D eigenvalue weighted by Gasteiger charge is 2.29. The Labute approximate surface area is 171 Å². The van der Waals surface area contributed by atoms with E-state index in [1.165, 1.54) is 10.4 Å². The van der Waals surface area contributed by atoms with Crippen LogP contribution >= 0.6 is 0 Å². The van der Waals surface area contributed by atoms with Crippen molar-refractivity contribution in [2.75, 3.05) is 19.7 Å². The molecule has 0 unspecified atom stereocenters. The summed E-state index contributed by atoms with van der Waals surface area (Å²) >= 11 is 0. The zero-order valence-corrected chi connectivity index (χ0v) is 17.4. The Bertz CT molecular complexity index is 1010. The molecule has 2 aliphatic rings. The van der Waals surface area contributed by atoms with E-state index in [1.54, 1.807) is 19.1 Å². The van der Waals surface area contributed by atoms with E-state index in [2.05, 4.69) is 5.32 Å². The number of carbonyl (C=O) groups is 1. The number of sulfonamides is 1. The van der Waals surface area contributed by atoms with Crippen LogP contribution in [0.15, 0.2) is 47.4 Å². The minimum Gasteiger partial charge on any atom is -0.493 e. The van der Waals surface area contributed by atoms with Crippen LogP contribution < -0.4 is 10.1 Å². The molecule has 0 aliphatic carbocycles. The highest BCUT2D eigenvalue weighted by molar-refractivity contribution is 7.89. The van der Waals surface area contributed by atoms with Crippen LogP contribution in [-0.2, 0) is 10.0 Å². The van der Waals surface area contributed by atoms with Crippen LogP contribution in [0.2, 0.25) is 0 Å². The lowest BCUT2D eigenvalue weighted by Gasteiger charge is -2.27. The van der Waals surface area contributed by atoms with Gasteiger partial charge in [0.1, 0.15) is 5.75 Å². The lowest BCUT2D eigenvalue weighted by molar-refractivity contribution is 0.0924. The summed E-state index contributed by atoms with van der Waals surface area (Å²) < 4.78 is 33.4. The highest BCUT2D eigenvalue weighted by atomic mass is 32.2. The Kier molecular flexibility index (Phi) is 5.61. The molecule has 1 saturated heterocycles. The molecule has 29 heavy (non-hydrogen) atoms. The van der Waals surface area contributed by atoms with Crippen molar-refractivity contribution in [3.8, 4) is 5.75 Å². The molecule has 154 valence electrons. The van der Waals surface area contributed by atoms with Gasteiger partial charge in [0.05, 0.1) is 17.5 Å². The maximum absolute atomic E-state index is 13.1. The average molecular weight is 415 g/mol. The molecule has 1 amide bonds. The molecule has 1 fully saturated rings. The van der Waals surface area contributed by atoms with Gasteiger partial charge in [-0.05, 0) is 43.5 Å². The molecule has 0 radical (unpaired) electrons. The summed E-state index contributed by atoms with van der Waals surface area (Å²) in [6.07, 6.45) is 3.48. The second kappa shape index (κ2) is 8.16. The smallest absolute Gasteiger partial charge is 0.251 e. The van der Waals surface area contributed by atoms with Crippen molar-refractivity contribution in [1.29, 1.82) is 0 Å². The van der Waals surface area contributed by atoms with Gasteiger partial charge in [0.15, 0.2) is 0 Å². The van der Waals surface area contributed by atoms with Crippen molar-refractivity contribution in [2.24, 2.45) is 0 Å². The van der Waals surface area contributed by atoms with Gasteiger partial charge in [0.25, 0.3) is 5.91 Å². The van der Waals surface area contributed by atoms with Crippen molar-refractivity contribution in [1.82, 2.24) is 9.62 Å². The number of hydrogen-bond donors (Lipinski definition) is 1. The van der Waals surface area contributed by atoms with Gasteiger partial charge in [-0.3, -0.25) is 4.79 Å². The monoisotopic (exact) mass is 414 g/mol. The fourth-order valence-electron chi connectivity index (χ4n) is 4.00. The maximum atomic E-state index is 13.1. The molecular weight excluding hydrogens is 388 g/mol. The van der Waals surface area contributed by atoms with E-state index in [1.807, 2.05) is 24.3 Å². The number of piperidine rings is 1. The zero-order valence-electron chi connectivity index (χ0n) is 16.6. The third-order valence-electron chi connectivity index (χ3n) is 5.65. The van der Waals surface area contributed by atoms with E-state index in [9.17, 15) is 13.2 Å². The van der Waals surface area contributed by atoms with Gasteiger partial charge in [0.2, 0.25) is 10.0 Å². The number of rotatable bonds is 4. The largest absolute Gasteiger partial charge is 0.493 e. The van der Waals surface area contributed by atoms with Gasteiger partial charge < -0.3 is 10.1 Å². The van der Waals surface area contributed by atoms with E-state index in [-0.39, 0.29) is 16.8 Å². The van der Waals surface area contributed by atoms with Crippen LogP contribution in [0, 0.1) is 6.92 Å². The number of nitrogens with zero attached hydrogens (tertiary/aromatic N) is 1. The van der Waals surface area contributed by atoms with Crippen LogP contribution in [0.5, 0.6) is 5.75 Å². The zero-order chi connectivity index (χ0) is 20.4. The third kappa shape index (κ3) is 4.02. The fourth-order valence-corrected chi connectivity index (χ4v) is 5.77. The Hall–Kier alpha value is -2.38. The molecule has 0 aromatic heterocycles. The van der Waals surface area contributed by atoms with Gasteiger partial charge in [-0.25, -0.2) is 8.42 Å². The maximum Gasteiger partial charge on any atom is 0.251 e. The second-order valence-electron chi connectivity index (χ2n) is 7.65. The molecule has 4 rings (SSSR count). The molecule has 2 aromatic carbocycles. The number of benzene rings is 2. The lowest BCUT2D eigenvalue weighted by atomic mass is 10.00. The predicted octanol–water partition coefficient (Wildman–Crippen LogP) is 3.42. The van der Waals surface area contributed by atoms with E-state index in [0.717, 1.165) is 30.6 Å². The summed E-state index contributed by atoms with van der Waals surface area (Å²) in [6, 6.07) is 12.4. The van der Waals surface area contributed by atoms with E-state index < -0.39 is 10.0 Å². The molecular formula is C22H26N2O4S. The number of fused-ring (bicyclic) bond motifs is 1. The number of carbonyl (C=O) groups excluding carboxylic acids is 1. The van der Waals surface area contributed by atoms with Gasteiger partial charge in [0, 0.05) is 30.6 Å². The van der Waals surface area contributed by atoms with Crippen molar-refractivity contribution in [2.45, 2.75) is 43.5 Å². The Morgan fingerprint density at radius 2 is 1.86 bits per heavy atom. The van der Waals surface area contributed by atoms with Gasteiger partial charge in [-0.15, -0.1) is 0 Å². The topological polar surface area (TPSA) is 75.7 Å². The predicted molar refractivity (Wildman–Crippen MR) is 111 cm³/mol. The number of hydrogen-bond acceptors (Lipinski definition) is 4. The van der Waals surface area contributed by atoms with E-state index in [4.69, 9.17) is 4.74 Å². The van der Waals surface area contributed by atoms with Gasteiger partial charge >= 0.3 is 0 Å². The molecule has 0 spiro atoms. The summed E-state index contributed by atoms with van der Waals surface area (Å²) in [7, 11) is -3.60. The quantitative estimate of drug-likeness (QED) is 0.832. The van der Waals surface area contributed by atoms with Crippen LogP contribution in [-0.4, -0.2) is 38.3 Å². The first-order chi connectivity index (χ1) is 14.0. The Morgan fingerprint density at radius 3 is 2.66 bits per heavy atom. The number of aryl methyl sites for hydroxylation is 1. The molecule has 6 nitrogen and oxygen atoms in total. The Morgan fingerprint density at radius 1 is 1.10 bits per heavy atom. The SMILES string of the molecule is Cc1ccc(C(=O)N[C@@H]2CCOc3ccccc32)cc1S(=O)(=O)N1CCCCC1. The van der Waals surface area contributed by atoms with Crippen molar-refractivity contribution < 1.29 is 17.9 Å². The third-order valence-corrected chi connectivity index (χ3v) is 7.69. The summed E-state index contributed by atoms with van der Waals surface area (Å²) in [6.45, 7) is 3.38. The summed E-state index contributed by atoms with van der Waals surface area (Å²) in [5.41, 5.74) is 1.96. The van der Waals surface area contributed by atoms with Crippen LogP contribution in [0.3, 0.4) is 0 Å². The minimum atomic E-state index is -3.60. The van der Waals surface area contributed by atoms with Crippen LogP contribution in [0.1, 0.15) is 53.2 Å². The van der Waals surface area contributed by atoms with Gasteiger partial charge in [-0.1, -0.05) is 30.7 Å². The summed E-state index contributed by atoms with van der Waals surface area (Å²) in [5, 5.41) is 3.04. The van der Waals surface area contributed by atoms with Gasteiger partial charge in [-0.2, -0.15) is 4.31 Å². The molecule has 7 heteroatoms. The lowest BCUT2D eigenvalue weighted by Crippen LogP contribution is -2.36. The van der Waals surface area contributed by atoms with Crippen LogP contribution in [0.25, 0.3) is 0 Å². The first kappa shape index (κ1) is 19.9. The van der Waals surface area contributed by atoms with Crippen molar-refractivity contribution in [3.05, 3.63) is 59.2 Å². The van der Waals surface area contributed by atoms with E-state index in [0.29, 0.717) is 37.2 Å². The summed E-state index contributed by atoms with van der Waals surface area (Å²) in [4.78, 5) is 13.2. The molecule has 0 bridgehead atoms. The molecule has 1 atom stereocenters. The number of ether oxygens (including phenoxy) is 1. The molecule has 0 saturated carbocycles. The van der Waals surface area contributed by atoms with Crippen molar-refractivity contribution >= 4 is 15.9 Å². The number of para-hydroxylation sites is 1. The van der Waals surface area contributed by atoms with Crippen molar-refractivity contribution in [3.63, 3.8) is 0 Å². The normalized spacial score (nSPS) is 19.8. The highest BCUT2D eigenvalue weighted by Crippen LogP contribution is 2.32. The first-order valence-corrected chi connectivity index (χ1v) is 11.5. The van der Waals surface area contributed by atoms with E-state index >= 15 is 0 Å². The minimum absolute atomic E-state index is 0.157. The standard InChI is InChI=1S/C22H26N2O4S/c1-16-9-10-17(15-21(16)29(26,27)24-12-5-2-6-13-24)22(25)23-19-11-14-28-20-8-4-3-7-18(19)20/h3-4,7-10,15,19H,2,5-6,11-14H2,1H3,(H,23,25)/t19-/m1/s1. The fraction of sp³-hybridized carbons (Fsp3) is 0.409. The Balaban J connectivity index is 1.58. The molecule has 2 heterocycles. The molecule has 2 aromatic rings.